The van der Waals surface area contributed by atoms with E-state index in [1.165, 1.54) is 36.9 Å². The van der Waals surface area contributed by atoms with Crippen molar-refractivity contribution in [3.63, 3.8) is 0 Å². The summed E-state index contributed by atoms with van der Waals surface area (Å²) in [5.41, 5.74) is 2.43. The van der Waals surface area contributed by atoms with Gasteiger partial charge in [-0.2, -0.15) is 5.10 Å². The second kappa shape index (κ2) is 5.91. The smallest absolute Gasteiger partial charge is 0.0824 e. The highest BCUT2D eigenvalue weighted by Crippen LogP contribution is 2.31. The van der Waals surface area contributed by atoms with Crippen molar-refractivity contribution >= 4 is 15.9 Å². The first-order valence-corrected chi connectivity index (χ1v) is 7.72. The van der Waals surface area contributed by atoms with Crippen molar-refractivity contribution < 1.29 is 0 Å². The van der Waals surface area contributed by atoms with Crippen molar-refractivity contribution in [2.24, 2.45) is 5.92 Å². The minimum Gasteiger partial charge on any atom is -0.263 e. The van der Waals surface area contributed by atoms with E-state index < -0.39 is 0 Å². The zero-order chi connectivity index (χ0) is 13.1. The molecule has 2 aromatic rings. The van der Waals surface area contributed by atoms with E-state index in [-0.39, 0.29) is 0 Å². The molecule has 19 heavy (non-hydrogen) atoms. The van der Waals surface area contributed by atoms with Crippen LogP contribution in [-0.4, -0.2) is 9.78 Å². The van der Waals surface area contributed by atoms with E-state index in [9.17, 15) is 0 Å². The van der Waals surface area contributed by atoms with E-state index in [2.05, 4.69) is 62.5 Å². The second-order valence-corrected chi connectivity index (χ2v) is 6.05. The Hall–Kier alpha value is -1.09. The van der Waals surface area contributed by atoms with Crippen molar-refractivity contribution in [1.82, 2.24) is 9.78 Å². The molecule has 1 aromatic carbocycles. The first kappa shape index (κ1) is 12.9. The fraction of sp³-hybridized carbons (Fsp3) is 0.375. The third kappa shape index (κ3) is 2.92. The van der Waals surface area contributed by atoms with Gasteiger partial charge in [-0.3, -0.25) is 4.68 Å². The maximum atomic E-state index is 4.55. The van der Waals surface area contributed by atoms with Crippen molar-refractivity contribution in [2.45, 2.75) is 32.2 Å². The van der Waals surface area contributed by atoms with E-state index in [1.54, 1.807) is 0 Å². The first-order valence-electron chi connectivity index (χ1n) is 6.93. The Labute approximate surface area is 123 Å². The molecule has 0 N–H and O–H groups in total. The Morgan fingerprint density at radius 3 is 2.63 bits per heavy atom. The van der Waals surface area contributed by atoms with Gasteiger partial charge in [-0.1, -0.05) is 30.3 Å². The van der Waals surface area contributed by atoms with E-state index >= 15 is 0 Å². The molecule has 0 aliphatic heterocycles. The summed E-state index contributed by atoms with van der Waals surface area (Å²) in [7, 11) is 0. The average molecular weight is 318 g/mol. The van der Waals surface area contributed by atoms with Crippen molar-refractivity contribution in [3.8, 4) is 11.3 Å². The lowest BCUT2D eigenvalue weighted by molar-refractivity contribution is 0.342. The Kier molecular flexibility index (Phi) is 4.02. The molecule has 3 heteroatoms. The van der Waals surface area contributed by atoms with Gasteiger partial charge < -0.3 is 0 Å². The highest BCUT2D eigenvalue weighted by atomic mass is 79.9. The summed E-state index contributed by atoms with van der Waals surface area (Å²) in [6.45, 7) is 1.03. The summed E-state index contributed by atoms with van der Waals surface area (Å²) in [4.78, 5) is 0. The van der Waals surface area contributed by atoms with Crippen molar-refractivity contribution in [3.05, 3.63) is 47.4 Å². The van der Waals surface area contributed by atoms with Gasteiger partial charge in [-0.15, -0.1) is 0 Å². The van der Waals surface area contributed by atoms with Gasteiger partial charge in [-0.25, -0.2) is 0 Å². The lowest BCUT2D eigenvalue weighted by Gasteiger charge is -2.22. The molecule has 1 aliphatic rings. The predicted octanol–water partition coefficient (Wildman–Crippen LogP) is 4.71. The third-order valence-corrected chi connectivity index (χ3v) is 4.41. The standard InChI is InChI=1S/C16H18BrN2/c17-15-11-18-19(12-13-7-3-1-4-8-13)16(15)14-9-5-2-6-10-14/h1-2,5-6,9-11,13H,3-4,7-8,12H2. The van der Waals surface area contributed by atoms with Crippen LogP contribution in [0.4, 0.5) is 0 Å². The lowest BCUT2D eigenvalue weighted by Crippen LogP contribution is -2.16. The molecule has 3 rings (SSSR count). The van der Waals surface area contributed by atoms with Crippen LogP contribution in [0.3, 0.4) is 0 Å². The van der Waals surface area contributed by atoms with Crippen LogP contribution in [0.5, 0.6) is 0 Å². The monoisotopic (exact) mass is 317 g/mol. The first-order chi connectivity index (χ1) is 9.34. The van der Waals surface area contributed by atoms with Crippen LogP contribution in [0.15, 0.2) is 41.0 Å². The molecule has 0 amide bonds. The molecule has 0 atom stereocenters. The fourth-order valence-corrected chi connectivity index (χ4v) is 3.33. The molecule has 0 bridgehead atoms. The highest BCUT2D eigenvalue weighted by molar-refractivity contribution is 9.10. The van der Waals surface area contributed by atoms with Crippen LogP contribution in [-0.2, 0) is 6.54 Å². The van der Waals surface area contributed by atoms with E-state index in [0.717, 1.165) is 16.9 Å². The number of halogens is 1. The van der Waals surface area contributed by atoms with Crippen LogP contribution >= 0.6 is 15.9 Å². The highest BCUT2D eigenvalue weighted by Gasteiger charge is 2.18. The molecule has 0 spiro atoms. The SMILES string of the molecule is Brc1cnn(CC2CC[CH]CC2)c1-c1ccccc1. The molecule has 99 valence electrons. The molecule has 1 aliphatic carbocycles. The minimum atomic E-state index is 0.763. The maximum absolute atomic E-state index is 4.55. The molecule has 1 heterocycles. The number of hydrogen-bond acceptors (Lipinski definition) is 1. The maximum Gasteiger partial charge on any atom is 0.0824 e. The topological polar surface area (TPSA) is 17.8 Å². The third-order valence-electron chi connectivity index (χ3n) is 3.83. The fourth-order valence-electron chi connectivity index (χ4n) is 2.81. The average Bonchev–Trinajstić information content (AvgIpc) is 2.82. The van der Waals surface area contributed by atoms with Gasteiger partial charge >= 0.3 is 0 Å². The van der Waals surface area contributed by atoms with Crippen molar-refractivity contribution in [2.75, 3.05) is 0 Å². The Morgan fingerprint density at radius 1 is 1.16 bits per heavy atom. The molecular weight excluding hydrogens is 300 g/mol. The van der Waals surface area contributed by atoms with E-state index in [0.29, 0.717) is 0 Å². The van der Waals surface area contributed by atoms with Crippen LogP contribution in [0.2, 0.25) is 0 Å². The summed E-state index contributed by atoms with van der Waals surface area (Å²) >= 11 is 3.63. The quantitative estimate of drug-likeness (QED) is 0.801. The van der Waals surface area contributed by atoms with Crippen LogP contribution < -0.4 is 0 Å². The van der Waals surface area contributed by atoms with Gasteiger partial charge in [0.1, 0.15) is 0 Å². The zero-order valence-electron chi connectivity index (χ0n) is 10.9. The number of hydrogen-bond donors (Lipinski definition) is 0. The minimum absolute atomic E-state index is 0.763. The Morgan fingerprint density at radius 2 is 1.89 bits per heavy atom. The van der Waals surface area contributed by atoms with Gasteiger partial charge in [0, 0.05) is 12.1 Å². The predicted molar refractivity (Wildman–Crippen MR) is 81.6 cm³/mol. The molecule has 1 saturated carbocycles. The number of rotatable bonds is 3. The van der Waals surface area contributed by atoms with Crippen molar-refractivity contribution in [1.29, 1.82) is 0 Å². The Balaban J connectivity index is 1.86. The summed E-state index contributed by atoms with van der Waals surface area (Å²) < 4.78 is 3.25. The number of aromatic nitrogens is 2. The summed E-state index contributed by atoms with van der Waals surface area (Å²) in [6.07, 6.45) is 9.43. The largest absolute Gasteiger partial charge is 0.263 e. The van der Waals surface area contributed by atoms with Gasteiger partial charge in [0.25, 0.3) is 0 Å². The molecule has 0 saturated heterocycles. The molecule has 1 radical (unpaired) electrons. The van der Waals surface area contributed by atoms with Crippen LogP contribution in [0, 0.1) is 12.3 Å². The second-order valence-electron chi connectivity index (χ2n) is 5.20. The normalized spacial score (nSPS) is 16.7. The molecule has 1 fully saturated rings. The number of nitrogens with zero attached hydrogens (tertiary/aromatic N) is 2. The van der Waals surface area contributed by atoms with Gasteiger partial charge in [0.2, 0.25) is 0 Å². The Bertz CT molecular complexity index is 527. The summed E-state index contributed by atoms with van der Waals surface area (Å²) in [5, 5.41) is 4.55. The molecule has 0 unspecified atom stereocenters. The molecular formula is C16H18BrN2. The molecule has 1 aromatic heterocycles. The van der Waals surface area contributed by atoms with Gasteiger partial charge in [-0.05, 0) is 54.0 Å². The van der Waals surface area contributed by atoms with Crippen LogP contribution in [0.25, 0.3) is 11.3 Å². The zero-order valence-corrected chi connectivity index (χ0v) is 12.5. The summed E-state index contributed by atoms with van der Waals surface area (Å²) in [5.74, 6) is 0.763. The molecule has 2 nitrogen and oxygen atoms in total. The van der Waals surface area contributed by atoms with Gasteiger partial charge in [0.15, 0.2) is 0 Å². The van der Waals surface area contributed by atoms with Crippen LogP contribution in [0.1, 0.15) is 25.7 Å². The van der Waals surface area contributed by atoms with E-state index in [1.807, 2.05) is 6.20 Å². The van der Waals surface area contributed by atoms with E-state index in [4.69, 9.17) is 0 Å². The van der Waals surface area contributed by atoms with Gasteiger partial charge in [0.05, 0.1) is 16.4 Å². The lowest BCUT2D eigenvalue weighted by atomic mass is 9.89. The summed E-state index contributed by atoms with van der Waals surface area (Å²) in [6, 6.07) is 10.5. The number of benzene rings is 1.